The van der Waals surface area contributed by atoms with Crippen LogP contribution in [0.4, 0.5) is 0 Å². The molecule has 420 valence electrons. The van der Waals surface area contributed by atoms with Crippen molar-refractivity contribution in [2.45, 2.75) is 200 Å². The molecule has 0 amide bonds. The van der Waals surface area contributed by atoms with Crippen LogP contribution in [0.25, 0.3) is 10.4 Å². The fourth-order valence-electron chi connectivity index (χ4n) is 8.49. The molecule has 4 saturated heterocycles. The van der Waals surface area contributed by atoms with Gasteiger partial charge in [-0.2, -0.15) is 0 Å². The lowest BCUT2D eigenvalue weighted by Gasteiger charge is -2.51. The quantitative estimate of drug-likeness (QED) is 0.0300. The van der Waals surface area contributed by atoms with E-state index in [0.29, 0.717) is 0 Å². The zero-order valence-corrected chi connectivity index (χ0v) is 42.7. The molecule has 32 heteroatoms. The van der Waals surface area contributed by atoms with Gasteiger partial charge in [-0.3, -0.25) is 48.0 Å². The first kappa shape index (κ1) is 61.0. The summed E-state index contributed by atoms with van der Waals surface area (Å²) in [6, 6.07) is -2.12. The van der Waals surface area contributed by atoms with E-state index in [1.165, 1.54) is 6.92 Å². The Morgan fingerprint density at radius 2 is 0.813 bits per heavy atom. The maximum Gasteiger partial charge on any atom is 0.303 e. The Kier molecular flexibility index (Phi) is 22.2. The summed E-state index contributed by atoms with van der Waals surface area (Å²) in [5.41, 5.74) is 9.95. The first-order chi connectivity index (χ1) is 35.1. The minimum Gasteiger partial charge on any atom is -0.463 e. The maximum absolute atomic E-state index is 13.1. The van der Waals surface area contributed by atoms with E-state index >= 15 is 0 Å². The molecule has 20 atom stereocenters. The summed E-state index contributed by atoms with van der Waals surface area (Å²) in [7, 11) is 0. The van der Waals surface area contributed by atoms with Crippen molar-refractivity contribution in [3.8, 4) is 0 Å². The topological polar surface area (TPSA) is 402 Å². The van der Waals surface area contributed by atoms with E-state index in [2.05, 4.69) is 10.0 Å². The van der Waals surface area contributed by atoms with Gasteiger partial charge >= 0.3 is 53.7 Å². The van der Waals surface area contributed by atoms with E-state index in [4.69, 9.17) is 80.6 Å². The van der Waals surface area contributed by atoms with Crippen LogP contribution in [-0.2, 0) is 124 Å². The third-order valence-corrected chi connectivity index (χ3v) is 11.4. The normalized spacial score (nSPS) is 35.3. The van der Waals surface area contributed by atoms with Crippen LogP contribution in [0.1, 0.15) is 83.1 Å². The molecule has 4 rings (SSSR count). The van der Waals surface area contributed by atoms with E-state index in [0.717, 1.165) is 62.3 Å². The Hall–Kier alpha value is -6.54. The monoisotopic (exact) mass is 1080 g/mol. The molecule has 0 aromatic heterocycles. The molecule has 0 bridgehead atoms. The van der Waals surface area contributed by atoms with E-state index in [-0.39, 0.29) is 0 Å². The molecule has 0 saturated carbocycles. The summed E-state index contributed by atoms with van der Waals surface area (Å²) >= 11 is 0. The van der Waals surface area contributed by atoms with Crippen molar-refractivity contribution >= 4 is 53.7 Å². The molecule has 4 aliphatic rings. The van der Waals surface area contributed by atoms with Gasteiger partial charge in [0.2, 0.25) is 6.29 Å². The van der Waals surface area contributed by atoms with Gasteiger partial charge < -0.3 is 75.8 Å². The predicted molar refractivity (Wildman–Crippen MR) is 233 cm³/mol. The highest BCUT2D eigenvalue weighted by Crippen LogP contribution is 2.40. The smallest absolute Gasteiger partial charge is 0.303 e. The average Bonchev–Trinajstić information content (AvgIpc) is 3.27. The average molecular weight is 1080 g/mol. The first-order valence-electron chi connectivity index (χ1n) is 23.0. The molecule has 0 N–H and O–H groups in total. The van der Waals surface area contributed by atoms with Crippen molar-refractivity contribution < 1.29 is 129 Å². The fraction of sp³-hybridized carbons (Fsp3) is 0.791. The van der Waals surface area contributed by atoms with Crippen LogP contribution in [0.3, 0.4) is 0 Å². The Morgan fingerprint density at radius 1 is 0.453 bits per heavy atom. The van der Waals surface area contributed by atoms with Gasteiger partial charge in [0.1, 0.15) is 49.8 Å². The molecule has 0 aliphatic carbocycles. The SMILES string of the molecule is CC(=O)OCC1OC(O[N+](=O)[O-])C(N=[N+]=[N-])[C@@H](O[C@@H]2OC(C)C(OC(C)=O)[C@@H](OC(C)=O)C2OC(C)=O)C1O[C@@H]1OC(COC(C)=O)C(OC(C)=O)[C@H](OC(C)=O)C1OC1OC(C)[C@@H](C)C(OC(C)=O)[C@@H]1OC(C)=O. The van der Waals surface area contributed by atoms with Gasteiger partial charge in [0.05, 0.1) is 12.2 Å². The van der Waals surface area contributed by atoms with Crippen molar-refractivity contribution in [3.05, 3.63) is 20.6 Å². The Labute approximate surface area is 426 Å². The number of rotatable bonds is 20. The zero-order valence-electron chi connectivity index (χ0n) is 42.7. The molecule has 4 heterocycles. The highest BCUT2D eigenvalue weighted by Gasteiger charge is 2.60. The van der Waals surface area contributed by atoms with Crippen LogP contribution in [0, 0.1) is 16.0 Å². The van der Waals surface area contributed by atoms with Gasteiger partial charge in [0.15, 0.2) is 61.6 Å². The molecule has 13 unspecified atom stereocenters. The fourth-order valence-corrected chi connectivity index (χ4v) is 8.49. The second-order valence-corrected chi connectivity index (χ2v) is 17.3. The lowest BCUT2D eigenvalue weighted by Crippen LogP contribution is -2.69. The molecular weight excluding hydrogens is 1020 g/mol. The number of hydrogen-bond donors (Lipinski definition) is 0. The highest BCUT2D eigenvalue weighted by molar-refractivity contribution is 5.70. The summed E-state index contributed by atoms with van der Waals surface area (Å²) < 4.78 is 93.7. The number of azide groups is 1. The summed E-state index contributed by atoms with van der Waals surface area (Å²) in [6.07, 6.45) is -32.1. The van der Waals surface area contributed by atoms with Gasteiger partial charge in [-0.05, 0) is 19.4 Å². The van der Waals surface area contributed by atoms with Crippen molar-refractivity contribution in [2.24, 2.45) is 11.0 Å². The minimum atomic E-state index is -2.28. The maximum atomic E-state index is 13.1. The molecule has 75 heavy (non-hydrogen) atoms. The molecule has 0 aromatic rings. The lowest BCUT2D eigenvalue weighted by atomic mass is 9.90. The van der Waals surface area contributed by atoms with Crippen LogP contribution in [0.5, 0.6) is 0 Å². The van der Waals surface area contributed by atoms with E-state index in [9.17, 15) is 58.8 Å². The Morgan fingerprint density at radius 3 is 1.28 bits per heavy atom. The van der Waals surface area contributed by atoms with E-state index in [1.54, 1.807) is 13.8 Å². The van der Waals surface area contributed by atoms with Gasteiger partial charge in [0, 0.05) is 73.1 Å². The number of ether oxygens (including phenoxy) is 16. The third-order valence-electron chi connectivity index (χ3n) is 11.4. The van der Waals surface area contributed by atoms with E-state index in [1.807, 2.05) is 0 Å². The van der Waals surface area contributed by atoms with Crippen molar-refractivity contribution in [1.29, 1.82) is 0 Å². The largest absolute Gasteiger partial charge is 0.463 e. The highest BCUT2D eigenvalue weighted by atomic mass is 17.0. The number of carbonyl (C=O) groups is 9. The van der Waals surface area contributed by atoms with Crippen LogP contribution in [0.15, 0.2) is 5.11 Å². The summed E-state index contributed by atoms with van der Waals surface area (Å²) in [5.74, 6) is -9.30. The third kappa shape index (κ3) is 17.0. The zero-order chi connectivity index (χ0) is 56.2. The lowest BCUT2D eigenvalue weighted by molar-refractivity contribution is -0.783. The molecule has 4 aliphatic heterocycles. The van der Waals surface area contributed by atoms with Crippen molar-refractivity contribution in [2.75, 3.05) is 13.2 Å². The molecule has 32 nitrogen and oxygen atoms in total. The standard InChI is InChI=1S/C43H60N4O28/c1-15-16(2)61-41(37(68-25(11)55)30(15)63-20(6)50)74-39-36(67-24(10)54)33(65-22(8)52)28(14-60-19(5)49)71-43(39)72-32-27(13-59-18(4)48)70-40(75-47(57)58)29(45-46-44)34(32)73-42-38(69-26(12)56)35(66-23(9)53)31(17(3)62-42)64-21(7)51/h15-17,27-43H,13-14H2,1-12H3/t15-,16?,17?,27?,28?,29?,30?,31?,32?,33?,34-,35-,36+,37+,38?,39?,40?,41?,42+,43+/m1/s1. The molecular formula is C43H60N4O28. The Bertz CT molecular complexity index is 2160. The van der Waals surface area contributed by atoms with E-state index < -0.39 is 195 Å². The minimum absolute atomic E-state index is 0.699. The molecule has 0 spiro atoms. The summed E-state index contributed by atoms with van der Waals surface area (Å²) in [6.45, 7) is 11.7. The van der Waals surface area contributed by atoms with Crippen molar-refractivity contribution in [3.63, 3.8) is 0 Å². The van der Waals surface area contributed by atoms with Gasteiger partial charge in [0.25, 0.3) is 5.09 Å². The second kappa shape index (κ2) is 27.3. The predicted octanol–water partition coefficient (Wildman–Crippen LogP) is 0.253. The van der Waals surface area contributed by atoms with Gasteiger partial charge in [-0.1, -0.05) is 12.0 Å². The van der Waals surface area contributed by atoms with Crippen LogP contribution >= 0.6 is 0 Å². The van der Waals surface area contributed by atoms with Crippen molar-refractivity contribution in [1.82, 2.24) is 0 Å². The first-order valence-corrected chi connectivity index (χ1v) is 23.0. The summed E-state index contributed by atoms with van der Waals surface area (Å²) in [4.78, 5) is 133. The molecule has 0 aromatic carbocycles. The van der Waals surface area contributed by atoms with Crippen LogP contribution < -0.4 is 0 Å². The number of hydrogen-bond acceptors (Lipinski definition) is 29. The molecule has 4 fully saturated rings. The number of esters is 9. The Balaban J connectivity index is 2.05. The molecule has 0 radical (unpaired) electrons. The number of nitrogens with zero attached hydrogens (tertiary/aromatic N) is 4. The number of carbonyl (C=O) groups excluding carboxylic acids is 9. The van der Waals surface area contributed by atoms with Gasteiger partial charge in [-0.25, -0.2) is 0 Å². The summed E-state index contributed by atoms with van der Waals surface area (Å²) in [5, 5.41) is 14.3. The van der Waals surface area contributed by atoms with Crippen LogP contribution in [0.2, 0.25) is 0 Å². The van der Waals surface area contributed by atoms with Crippen LogP contribution in [-0.4, -0.2) is 189 Å². The van der Waals surface area contributed by atoms with Gasteiger partial charge in [-0.15, -0.1) is 10.1 Å². The second-order valence-electron chi connectivity index (χ2n) is 17.3.